The molecule has 116 valence electrons. The molecule has 2 aromatic heterocycles. The highest BCUT2D eigenvalue weighted by molar-refractivity contribution is 9.11. The van der Waals surface area contributed by atoms with E-state index >= 15 is 0 Å². The molecule has 2 aromatic rings. The van der Waals surface area contributed by atoms with Crippen LogP contribution in [-0.2, 0) is 23.1 Å². The Labute approximate surface area is 136 Å². The van der Waals surface area contributed by atoms with E-state index in [1.807, 2.05) is 18.5 Å². The second-order valence-electron chi connectivity index (χ2n) is 4.56. The fraction of sp³-hybridized carbons (Fsp3) is 0.417. The molecule has 2 rings (SSSR count). The third-order valence-electron chi connectivity index (χ3n) is 2.94. The third-order valence-corrected chi connectivity index (χ3v) is 6.25. The summed E-state index contributed by atoms with van der Waals surface area (Å²) in [5.41, 5.74) is 0.959. The molecular formula is C12H17BrN4O2S2. The van der Waals surface area contributed by atoms with Crippen molar-refractivity contribution in [1.82, 2.24) is 19.4 Å². The highest BCUT2D eigenvalue weighted by atomic mass is 79.9. The van der Waals surface area contributed by atoms with Crippen LogP contribution < -0.4 is 5.32 Å². The van der Waals surface area contributed by atoms with Gasteiger partial charge in [-0.3, -0.25) is 4.68 Å². The lowest BCUT2D eigenvalue weighted by Crippen LogP contribution is -2.26. The number of rotatable bonds is 7. The van der Waals surface area contributed by atoms with Gasteiger partial charge in [0.1, 0.15) is 4.90 Å². The van der Waals surface area contributed by atoms with Gasteiger partial charge in [-0.2, -0.15) is 9.40 Å². The Balaban J connectivity index is 2.11. The maximum atomic E-state index is 12.5. The van der Waals surface area contributed by atoms with E-state index in [1.165, 1.54) is 21.8 Å². The zero-order chi connectivity index (χ0) is 15.5. The Morgan fingerprint density at radius 1 is 1.52 bits per heavy atom. The molecule has 0 amide bonds. The molecule has 21 heavy (non-hydrogen) atoms. The van der Waals surface area contributed by atoms with Gasteiger partial charge >= 0.3 is 0 Å². The van der Waals surface area contributed by atoms with E-state index in [2.05, 4.69) is 26.3 Å². The molecule has 0 spiro atoms. The van der Waals surface area contributed by atoms with Gasteiger partial charge in [-0.05, 0) is 40.0 Å². The molecule has 0 fully saturated rings. The van der Waals surface area contributed by atoms with Gasteiger partial charge in [-0.25, -0.2) is 8.42 Å². The van der Waals surface area contributed by atoms with Gasteiger partial charge in [0.15, 0.2) is 0 Å². The molecule has 1 N–H and O–H groups in total. The molecule has 0 unspecified atom stereocenters. The number of halogens is 1. The van der Waals surface area contributed by atoms with Crippen LogP contribution in [0.4, 0.5) is 0 Å². The lowest BCUT2D eigenvalue weighted by atomic mass is 10.3. The zero-order valence-electron chi connectivity index (χ0n) is 11.8. The second kappa shape index (κ2) is 7.01. The molecule has 0 radical (unpaired) electrons. The predicted molar refractivity (Wildman–Crippen MR) is 86.8 cm³/mol. The van der Waals surface area contributed by atoms with Crippen LogP contribution in [0.5, 0.6) is 0 Å². The first-order valence-electron chi connectivity index (χ1n) is 6.30. The molecule has 0 saturated carbocycles. The van der Waals surface area contributed by atoms with Crippen LogP contribution in [0.15, 0.2) is 32.5 Å². The zero-order valence-corrected chi connectivity index (χ0v) is 15.0. The minimum Gasteiger partial charge on any atom is -0.318 e. The van der Waals surface area contributed by atoms with Gasteiger partial charge in [0.2, 0.25) is 10.0 Å². The summed E-state index contributed by atoms with van der Waals surface area (Å²) < 4.78 is 28.9. The molecule has 0 bridgehead atoms. The largest absolute Gasteiger partial charge is 0.318 e. The Hall–Kier alpha value is -0.740. The van der Waals surface area contributed by atoms with E-state index < -0.39 is 10.0 Å². The van der Waals surface area contributed by atoms with E-state index in [-0.39, 0.29) is 4.90 Å². The Morgan fingerprint density at radius 2 is 2.29 bits per heavy atom. The highest BCUT2D eigenvalue weighted by Crippen LogP contribution is 2.23. The van der Waals surface area contributed by atoms with Gasteiger partial charge in [0.25, 0.3) is 0 Å². The normalized spacial score (nSPS) is 12.2. The summed E-state index contributed by atoms with van der Waals surface area (Å²) in [4.78, 5) is 0.218. The second-order valence-corrected chi connectivity index (χ2v) is 8.90. The van der Waals surface area contributed by atoms with Crippen LogP contribution in [0.2, 0.25) is 0 Å². The quantitative estimate of drug-likeness (QED) is 0.779. The monoisotopic (exact) mass is 392 g/mol. The minimum atomic E-state index is -3.51. The molecule has 0 aliphatic carbocycles. The van der Waals surface area contributed by atoms with E-state index in [0.29, 0.717) is 13.1 Å². The summed E-state index contributed by atoms with van der Waals surface area (Å²) in [6.45, 7) is 1.71. The van der Waals surface area contributed by atoms with Crippen molar-refractivity contribution in [1.29, 1.82) is 0 Å². The Kier molecular flexibility index (Phi) is 5.55. The Bertz CT molecular complexity index is 696. The number of thiophene rings is 1. The molecule has 0 atom stereocenters. The van der Waals surface area contributed by atoms with Crippen LogP contribution in [0, 0.1) is 0 Å². The number of nitrogens with zero attached hydrogens (tertiary/aromatic N) is 3. The molecule has 0 saturated heterocycles. The summed E-state index contributed by atoms with van der Waals surface area (Å²) >= 11 is 4.91. The number of sulfonamides is 1. The van der Waals surface area contributed by atoms with Gasteiger partial charge < -0.3 is 5.32 Å². The van der Waals surface area contributed by atoms with Crippen molar-refractivity contribution < 1.29 is 8.42 Å². The predicted octanol–water partition coefficient (Wildman–Crippen LogP) is 1.75. The number of likely N-dealkylation sites (N-methyl/N-ethyl adjacent to an activating group) is 1. The van der Waals surface area contributed by atoms with E-state index in [0.717, 1.165) is 15.9 Å². The lowest BCUT2D eigenvalue weighted by molar-refractivity contribution is 0.467. The average molecular weight is 393 g/mol. The summed E-state index contributed by atoms with van der Waals surface area (Å²) in [5, 5.41) is 9.01. The van der Waals surface area contributed by atoms with Crippen molar-refractivity contribution in [2.24, 2.45) is 0 Å². The number of aromatic nitrogens is 2. The van der Waals surface area contributed by atoms with E-state index in [1.54, 1.807) is 17.9 Å². The van der Waals surface area contributed by atoms with Crippen LogP contribution in [0.1, 0.15) is 5.56 Å². The SMILES string of the molecule is CNCCn1cc(S(=O)(=O)N(C)Cc2csc(Br)c2)cn1. The van der Waals surface area contributed by atoms with Crippen molar-refractivity contribution in [3.63, 3.8) is 0 Å². The summed E-state index contributed by atoms with van der Waals surface area (Å²) in [6.07, 6.45) is 2.96. The van der Waals surface area contributed by atoms with Crippen molar-refractivity contribution in [3.05, 3.63) is 33.2 Å². The summed E-state index contributed by atoms with van der Waals surface area (Å²) in [7, 11) is -0.0968. The molecule has 9 heteroatoms. The first-order chi connectivity index (χ1) is 9.93. The maximum Gasteiger partial charge on any atom is 0.246 e. The van der Waals surface area contributed by atoms with Crippen molar-refractivity contribution in [2.45, 2.75) is 18.0 Å². The van der Waals surface area contributed by atoms with Crippen molar-refractivity contribution >= 4 is 37.3 Å². The van der Waals surface area contributed by atoms with Crippen LogP contribution in [-0.4, -0.2) is 43.1 Å². The molecular weight excluding hydrogens is 376 g/mol. The fourth-order valence-corrected chi connectivity index (χ4v) is 4.09. The first kappa shape index (κ1) is 16.6. The third kappa shape index (κ3) is 4.13. The van der Waals surface area contributed by atoms with Crippen molar-refractivity contribution in [3.8, 4) is 0 Å². The summed E-state index contributed by atoms with van der Waals surface area (Å²) in [6, 6.07) is 1.92. The first-order valence-corrected chi connectivity index (χ1v) is 9.41. The van der Waals surface area contributed by atoms with Crippen molar-refractivity contribution in [2.75, 3.05) is 20.6 Å². The number of hydrogen-bond acceptors (Lipinski definition) is 5. The molecule has 0 aromatic carbocycles. The number of hydrogen-bond donors (Lipinski definition) is 1. The van der Waals surface area contributed by atoms with E-state index in [9.17, 15) is 8.42 Å². The average Bonchev–Trinajstić information content (AvgIpc) is 3.06. The topological polar surface area (TPSA) is 67.2 Å². The van der Waals surface area contributed by atoms with Gasteiger partial charge in [0.05, 0.1) is 16.5 Å². The molecule has 6 nitrogen and oxygen atoms in total. The molecule has 0 aliphatic rings. The van der Waals surface area contributed by atoms with Crippen LogP contribution in [0.25, 0.3) is 0 Å². The van der Waals surface area contributed by atoms with Crippen LogP contribution in [0.3, 0.4) is 0 Å². The molecule has 2 heterocycles. The molecule has 0 aliphatic heterocycles. The summed E-state index contributed by atoms with van der Waals surface area (Å²) in [5.74, 6) is 0. The smallest absolute Gasteiger partial charge is 0.246 e. The standard InChI is InChI=1S/C12H17BrN4O2S2/c1-14-3-4-17-8-11(6-15-17)21(18,19)16(2)7-10-5-12(13)20-9-10/h5-6,8-9,14H,3-4,7H2,1-2H3. The van der Waals surface area contributed by atoms with Gasteiger partial charge in [0, 0.05) is 26.3 Å². The van der Waals surface area contributed by atoms with E-state index in [4.69, 9.17) is 0 Å². The maximum absolute atomic E-state index is 12.5. The minimum absolute atomic E-state index is 0.218. The number of nitrogens with one attached hydrogen (secondary N) is 1. The lowest BCUT2D eigenvalue weighted by Gasteiger charge is -2.15. The van der Waals surface area contributed by atoms with Crippen LogP contribution >= 0.6 is 27.3 Å². The fourth-order valence-electron chi connectivity index (χ4n) is 1.78. The Morgan fingerprint density at radius 3 is 2.90 bits per heavy atom. The van der Waals surface area contributed by atoms with Gasteiger partial charge in [-0.1, -0.05) is 0 Å². The van der Waals surface area contributed by atoms with Gasteiger partial charge in [-0.15, -0.1) is 11.3 Å². The highest BCUT2D eigenvalue weighted by Gasteiger charge is 2.23.